The van der Waals surface area contributed by atoms with E-state index in [1.807, 2.05) is 4.90 Å². The van der Waals surface area contributed by atoms with Crippen LogP contribution in [0.4, 0.5) is 0 Å². The third-order valence-corrected chi connectivity index (χ3v) is 4.04. The molecule has 0 aromatic carbocycles. The maximum Gasteiger partial charge on any atom is 0.225 e. The standard InChI is InChI=1S/C12H22N2O/c1-12(2)8-14(7-10(12)13)11(15)9-5-3-4-6-9/h9-10H,3-8,13H2,1-2H3. The molecule has 15 heavy (non-hydrogen) atoms. The molecular formula is C12H22N2O. The van der Waals surface area contributed by atoms with Gasteiger partial charge in [0.15, 0.2) is 0 Å². The van der Waals surface area contributed by atoms with E-state index in [0.29, 0.717) is 11.8 Å². The predicted octanol–water partition coefficient (Wildman–Crippen LogP) is 1.37. The van der Waals surface area contributed by atoms with Crippen LogP contribution in [0.3, 0.4) is 0 Å². The minimum atomic E-state index is 0.0915. The number of nitrogens with zero attached hydrogens (tertiary/aromatic N) is 1. The summed E-state index contributed by atoms with van der Waals surface area (Å²) in [7, 11) is 0. The van der Waals surface area contributed by atoms with Gasteiger partial charge in [0.25, 0.3) is 0 Å². The largest absolute Gasteiger partial charge is 0.340 e. The first-order valence-electron chi connectivity index (χ1n) is 6.05. The molecule has 2 rings (SSSR count). The van der Waals surface area contributed by atoms with Crippen molar-refractivity contribution < 1.29 is 4.79 Å². The van der Waals surface area contributed by atoms with Crippen LogP contribution in [0.5, 0.6) is 0 Å². The zero-order chi connectivity index (χ0) is 11.1. The summed E-state index contributed by atoms with van der Waals surface area (Å²) < 4.78 is 0. The van der Waals surface area contributed by atoms with E-state index in [1.54, 1.807) is 0 Å². The van der Waals surface area contributed by atoms with Crippen LogP contribution in [0.2, 0.25) is 0 Å². The smallest absolute Gasteiger partial charge is 0.225 e. The molecular weight excluding hydrogens is 188 g/mol. The average Bonchev–Trinajstić information content (AvgIpc) is 2.74. The fourth-order valence-electron chi connectivity index (χ4n) is 2.76. The van der Waals surface area contributed by atoms with E-state index >= 15 is 0 Å². The van der Waals surface area contributed by atoms with Gasteiger partial charge in [-0.05, 0) is 18.3 Å². The molecule has 0 radical (unpaired) electrons. The van der Waals surface area contributed by atoms with E-state index in [0.717, 1.165) is 25.9 Å². The lowest BCUT2D eigenvalue weighted by Crippen LogP contribution is -2.36. The van der Waals surface area contributed by atoms with Crippen molar-refractivity contribution in [1.29, 1.82) is 0 Å². The van der Waals surface area contributed by atoms with Crippen molar-refractivity contribution in [3.63, 3.8) is 0 Å². The third kappa shape index (κ3) is 2.03. The number of amides is 1. The first-order valence-corrected chi connectivity index (χ1v) is 6.05. The summed E-state index contributed by atoms with van der Waals surface area (Å²) in [5.41, 5.74) is 6.14. The molecule has 1 amide bonds. The van der Waals surface area contributed by atoms with E-state index < -0.39 is 0 Å². The molecule has 1 aliphatic heterocycles. The number of carbonyl (C=O) groups excluding carboxylic acids is 1. The molecule has 2 aliphatic rings. The van der Waals surface area contributed by atoms with E-state index in [-0.39, 0.29) is 11.5 Å². The molecule has 2 fully saturated rings. The van der Waals surface area contributed by atoms with E-state index in [2.05, 4.69) is 13.8 Å². The van der Waals surface area contributed by atoms with Crippen molar-refractivity contribution in [2.75, 3.05) is 13.1 Å². The van der Waals surface area contributed by atoms with Gasteiger partial charge >= 0.3 is 0 Å². The Morgan fingerprint density at radius 3 is 2.40 bits per heavy atom. The molecule has 1 atom stereocenters. The minimum absolute atomic E-state index is 0.0915. The molecule has 1 heterocycles. The first kappa shape index (κ1) is 10.9. The van der Waals surface area contributed by atoms with Crippen LogP contribution < -0.4 is 5.73 Å². The fourth-order valence-corrected chi connectivity index (χ4v) is 2.76. The molecule has 0 bridgehead atoms. The SMILES string of the molecule is CC1(C)CN(C(=O)C2CCCC2)CC1N. The molecule has 2 N–H and O–H groups in total. The van der Waals surface area contributed by atoms with Gasteiger partial charge in [-0.2, -0.15) is 0 Å². The summed E-state index contributed by atoms with van der Waals surface area (Å²) in [5.74, 6) is 0.652. The van der Waals surface area contributed by atoms with Gasteiger partial charge in [-0.1, -0.05) is 26.7 Å². The number of carbonyl (C=O) groups is 1. The summed E-state index contributed by atoms with van der Waals surface area (Å²) in [4.78, 5) is 14.1. The second kappa shape index (κ2) is 3.78. The molecule has 3 nitrogen and oxygen atoms in total. The molecule has 0 aromatic rings. The van der Waals surface area contributed by atoms with E-state index in [1.165, 1.54) is 12.8 Å². The Balaban J connectivity index is 1.98. The molecule has 3 heteroatoms. The second-order valence-corrected chi connectivity index (χ2v) is 5.80. The lowest BCUT2D eigenvalue weighted by atomic mass is 9.89. The highest BCUT2D eigenvalue weighted by Crippen LogP contribution is 2.32. The Morgan fingerprint density at radius 1 is 1.33 bits per heavy atom. The van der Waals surface area contributed by atoms with Crippen LogP contribution >= 0.6 is 0 Å². The fraction of sp³-hybridized carbons (Fsp3) is 0.917. The zero-order valence-electron chi connectivity index (χ0n) is 9.83. The lowest BCUT2D eigenvalue weighted by molar-refractivity contribution is -0.134. The number of rotatable bonds is 1. The Labute approximate surface area is 92.0 Å². The van der Waals surface area contributed by atoms with Crippen LogP contribution in [0.1, 0.15) is 39.5 Å². The van der Waals surface area contributed by atoms with Crippen molar-refractivity contribution in [3.05, 3.63) is 0 Å². The van der Waals surface area contributed by atoms with E-state index in [4.69, 9.17) is 5.73 Å². The molecule has 0 aromatic heterocycles. The van der Waals surface area contributed by atoms with Gasteiger partial charge < -0.3 is 10.6 Å². The Kier molecular flexibility index (Phi) is 2.75. The molecule has 86 valence electrons. The topological polar surface area (TPSA) is 46.3 Å². The summed E-state index contributed by atoms with van der Waals surface area (Å²) in [6.45, 7) is 5.89. The second-order valence-electron chi connectivity index (χ2n) is 5.80. The van der Waals surface area contributed by atoms with Crippen LogP contribution in [-0.2, 0) is 4.79 Å². The van der Waals surface area contributed by atoms with Crippen LogP contribution in [0.15, 0.2) is 0 Å². The van der Waals surface area contributed by atoms with Gasteiger partial charge in [0.2, 0.25) is 5.91 Å². The van der Waals surface area contributed by atoms with Crippen molar-refractivity contribution in [2.24, 2.45) is 17.1 Å². The highest BCUT2D eigenvalue weighted by Gasteiger charge is 2.40. The van der Waals surface area contributed by atoms with Gasteiger partial charge in [0.05, 0.1) is 0 Å². The third-order valence-electron chi connectivity index (χ3n) is 4.04. The van der Waals surface area contributed by atoms with Gasteiger partial charge in [0, 0.05) is 25.0 Å². The van der Waals surface area contributed by atoms with Gasteiger partial charge in [-0.3, -0.25) is 4.79 Å². The summed E-state index contributed by atoms with van der Waals surface area (Å²) in [6.07, 6.45) is 4.62. The van der Waals surface area contributed by atoms with Crippen LogP contribution in [-0.4, -0.2) is 29.9 Å². The number of hydrogen-bond donors (Lipinski definition) is 1. The number of likely N-dealkylation sites (tertiary alicyclic amines) is 1. The van der Waals surface area contributed by atoms with Crippen molar-refractivity contribution in [2.45, 2.75) is 45.6 Å². The maximum absolute atomic E-state index is 12.2. The quantitative estimate of drug-likeness (QED) is 0.710. The lowest BCUT2D eigenvalue weighted by Gasteiger charge is -2.23. The molecule has 1 aliphatic carbocycles. The Hall–Kier alpha value is -0.570. The monoisotopic (exact) mass is 210 g/mol. The average molecular weight is 210 g/mol. The van der Waals surface area contributed by atoms with Crippen molar-refractivity contribution in [1.82, 2.24) is 4.90 Å². The van der Waals surface area contributed by atoms with Crippen molar-refractivity contribution in [3.8, 4) is 0 Å². The summed E-state index contributed by atoms with van der Waals surface area (Å²) in [6, 6.07) is 0.142. The molecule has 1 saturated heterocycles. The normalized spacial score (nSPS) is 31.1. The van der Waals surface area contributed by atoms with Crippen LogP contribution in [0, 0.1) is 11.3 Å². The van der Waals surface area contributed by atoms with Gasteiger partial charge in [0.1, 0.15) is 0 Å². The Bertz CT molecular complexity index is 256. The van der Waals surface area contributed by atoms with Crippen LogP contribution in [0.25, 0.3) is 0 Å². The highest BCUT2D eigenvalue weighted by molar-refractivity contribution is 5.79. The first-order chi connectivity index (χ1) is 7.00. The summed E-state index contributed by atoms with van der Waals surface area (Å²) >= 11 is 0. The van der Waals surface area contributed by atoms with Gasteiger partial charge in [-0.25, -0.2) is 0 Å². The molecule has 1 saturated carbocycles. The minimum Gasteiger partial charge on any atom is -0.340 e. The number of nitrogens with two attached hydrogens (primary N) is 1. The van der Waals surface area contributed by atoms with E-state index in [9.17, 15) is 4.79 Å². The predicted molar refractivity (Wildman–Crippen MR) is 60.3 cm³/mol. The summed E-state index contributed by atoms with van der Waals surface area (Å²) in [5, 5.41) is 0. The zero-order valence-corrected chi connectivity index (χ0v) is 9.83. The van der Waals surface area contributed by atoms with Crippen molar-refractivity contribution >= 4 is 5.91 Å². The number of hydrogen-bond acceptors (Lipinski definition) is 2. The molecule has 0 spiro atoms. The van der Waals surface area contributed by atoms with Gasteiger partial charge in [-0.15, -0.1) is 0 Å². The molecule has 1 unspecified atom stereocenters. The highest BCUT2D eigenvalue weighted by atomic mass is 16.2. The maximum atomic E-state index is 12.2. The Morgan fingerprint density at radius 2 is 1.93 bits per heavy atom.